The zero-order valence-electron chi connectivity index (χ0n) is 14.9. The molecule has 2 nitrogen and oxygen atoms in total. The lowest BCUT2D eigenvalue weighted by Crippen LogP contribution is -1.99. The second-order valence-electron chi connectivity index (χ2n) is 6.54. The van der Waals surface area contributed by atoms with E-state index in [0.29, 0.717) is 6.61 Å². The number of hydrogen-bond donors (Lipinski definition) is 1. The van der Waals surface area contributed by atoms with Crippen LogP contribution in [0.2, 0.25) is 0 Å². The van der Waals surface area contributed by atoms with Gasteiger partial charge in [0.05, 0.1) is 6.61 Å². The van der Waals surface area contributed by atoms with E-state index in [-0.39, 0.29) is 5.75 Å². The molecule has 0 aromatic heterocycles. The molecule has 0 heterocycles. The van der Waals surface area contributed by atoms with Crippen LogP contribution in [0.1, 0.15) is 19.8 Å². The highest BCUT2D eigenvalue weighted by atomic mass is 16.5. The minimum Gasteiger partial charge on any atom is -0.507 e. The van der Waals surface area contributed by atoms with Gasteiger partial charge in [0.2, 0.25) is 0 Å². The van der Waals surface area contributed by atoms with Crippen molar-refractivity contribution in [1.29, 1.82) is 0 Å². The average molecular weight is 342 g/mol. The van der Waals surface area contributed by atoms with Gasteiger partial charge in [-0.2, -0.15) is 0 Å². The van der Waals surface area contributed by atoms with Gasteiger partial charge in [0, 0.05) is 11.1 Å². The Morgan fingerprint density at radius 1 is 0.731 bits per heavy atom. The molecule has 0 aliphatic carbocycles. The Bertz CT molecular complexity index is 1070. The zero-order chi connectivity index (χ0) is 17.9. The maximum absolute atomic E-state index is 10.8. The third kappa shape index (κ3) is 2.88. The minimum atomic E-state index is 0.278. The fraction of sp³-hybridized carbons (Fsp3) is 0.167. The molecule has 26 heavy (non-hydrogen) atoms. The lowest BCUT2D eigenvalue weighted by atomic mass is 9.92. The Hall–Kier alpha value is -3.00. The van der Waals surface area contributed by atoms with Crippen LogP contribution in [0.4, 0.5) is 0 Å². The second-order valence-corrected chi connectivity index (χ2v) is 6.54. The van der Waals surface area contributed by atoms with E-state index in [1.165, 1.54) is 0 Å². The molecule has 0 atom stereocenters. The summed E-state index contributed by atoms with van der Waals surface area (Å²) in [6.45, 7) is 2.83. The van der Waals surface area contributed by atoms with Gasteiger partial charge >= 0.3 is 0 Å². The topological polar surface area (TPSA) is 29.5 Å². The van der Waals surface area contributed by atoms with E-state index in [1.54, 1.807) is 6.07 Å². The number of unbranched alkanes of at least 4 members (excludes halogenated alkanes) is 1. The summed E-state index contributed by atoms with van der Waals surface area (Å²) < 4.78 is 6.13. The van der Waals surface area contributed by atoms with Crippen LogP contribution in [0.3, 0.4) is 0 Å². The number of aromatic hydroxyl groups is 1. The van der Waals surface area contributed by atoms with Crippen molar-refractivity contribution in [3.63, 3.8) is 0 Å². The Labute approximate surface area is 153 Å². The summed E-state index contributed by atoms with van der Waals surface area (Å²) in [6, 6.07) is 24.2. The summed E-state index contributed by atoms with van der Waals surface area (Å²) >= 11 is 0. The molecular formula is C24H22O2. The first-order chi connectivity index (χ1) is 12.8. The van der Waals surface area contributed by atoms with Crippen LogP contribution in [0.5, 0.6) is 11.5 Å². The van der Waals surface area contributed by atoms with E-state index >= 15 is 0 Å². The normalized spacial score (nSPS) is 11.1. The number of ether oxygens (including phenoxy) is 1. The van der Waals surface area contributed by atoms with Gasteiger partial charge < -0.3 is 9.84 Å². The van der Waals surface area contributed by atoms with E-state index in [0.717, 1.165) is 51.3 Å². The van der Waals surface area contributed by atoms with Crippen molar-refractivity contribution in [2.75, 3.05) is 6.61 Å². The Balaban J connectivity index is 2.04. The molecule has 4 aromatic carbocycles. The first-order valence-corrected chi connectivity index (χ1v) is 9.15. The molecule has 0 bridgehead atoms. The largest absolute Gasteiger partial charge is 0.507 e. The predicted octanol–water partition coefficient (Wildman–Crippen LogP) is 6.54. The van der Waals surface area contributed by atoms with Gasteiger partial charge in [0.15, 0.2) is 0 Å². The van der Waals surface area contributed by atoms with Crippen molar-refractivity contribution in [1.82, 2.24) is 0 Å². The van der Waals surface area contributed by atoms with Crippen molar-refractivity contribution in [3.05, 3.63) is 72.8 Å². The zero-order valence-corrected chi connectivity index (χ0v) is 14.9. The number of rotatable bonds is 5. The number of phenolic OH excluding ortho intramolecular Hbond substituents is 1. The first-order valence-electron chi connectivity index (χ1n) is 9.15. The standard InChI is InChI=1S/C24H22O2/c1-2-3-16-26-22-15-13-18-9-5-7-11-20(18)24(22)23-19-10-6-4-8-17(19)12-14-21(23)25/h4-15,25H,2-3,16H2,1H3. The van der Waals surface area contributed by atoms with Gasteiger partial charge in [-0.3, -0.25) is 0 Å². The fourth-order valence-corrected chi connectivity index (χ4v) is 3.48. The summed E-state index contributed by atoms with van der Waals surface area (Å²) in [5.41, 5.74) is 1.81. The molecule has 2 heteroatoms. The molecule has 0 fully saturated rings. The predicted molar refractivity (Wildman–Crippen MR) is 109 cm³/mol. The third-order valence-electron chi connectivity index (χ3n) is 4.80. The van der Waals surface area contributed by atoms with Gasteiger partial charge in [-0.15, -0.1) is 0 Å². The van der Waals surface area contributed by atoms with Crippen LogP contribution in [-0.4, -0.2) is 11.7 Å². The highest BCUT2D eigenvalue weighted by Gasteiger charge is 2.17. The number of fused-ring (bicyclic) bond motifs is 2. The van der Waals surface area contributed by atoms with Crippen molar-refractivity contribution < 1.29 is 9.84 Å². The summed E-state index contributed by atoms with van der Waals surface area (Å²) in [5.74, 6) is 1.10. The Kier molecular flexibility index (Phi) is 4.49. The van der Waals surface area contributed by atoms with Gasteiger partial charge in [-0.25, -0.2) is 0 Å². The maximum Gasteiger partial charge on any atom is 0.127 e. The SMILES string of the molecule is CCCCOc1ccc2ccccc2c1-c1c(O)ccc2ccccc12. The third-order valence-corrected chi connectivity index (χ3v) is 4.80. The van der Waals surface area contributed by atoms with Crippen LogP contribution < -0.4 is 4.74 Å². The van der Waals surface area contributed by atoms with Crippen molar-refractivity contribution >= 4 is 21.5 Å². The quantitative estimate of drug-likeness (QED) is 0.417. The van der Waals surface area contributed by atoms with Crippen LogP contribution in [0, 0.1) is 0 Å². The van der Waals surface area contributed by atoms with E-state index in [9.17, 15) is 5.11 Å². The van der Waals surface area contributed by atoms with Crippen molar-refractivity contribution in [2.24, 2.45) is 0 Å². The van der Waals surface area contributed by atoms with E-state index < -0.39 is 0 Å². The second kappa shape index (κ2) is 7.09. The van der Waals surface area contributed by atoms with E-state index in [4.69, 9.17) is 4.74 Å². The number of hydrogen-bond acceptors (Lipinski definition) is 2. The molecule has 0 saturated carbocycles. The molecule has 0 spiro atoms. The van der Waals surface area contributed by atoms with Crippen LogP contribution in [-0.2, 0) is 0 Å². The Morgan fingerprint density at radius 2 is 1.35 bits per heavy atom. The molecule has 0 aliphatic rings. The number of benzene rings is 4. The number of phenols is 1. The summed E-state index contributed by atoms with van der Waals surface area (Å²) in [7, 11) is 0. The highest BCUT2D eigenvalue weighted by Crippen LogP contribution is 2.44. The molecule has 4 aromatic rings. The molecule has 1 N–H and O–H groups in total. The van der Waals surface area contributed by atoms with Crippen LogP contribution >= 0.6 is 0 Å². The summed E-state index contributed by atoms with van der Waals surface area (Å²) in [5, 5.41) is 15.1. The van der Waals surface area contributed by atoms with Crippen LogP contribution in [0.15, 0.2) is 72.8 Å². The molecule has 130 valence electrons. The van der Waals surface area contributed by atoms with Crippen molar-refractivity contribution in [3.8, 4) is 22.6 Å². The molecule has 0 amide bonds. The summed E-state index contributed by atoms with van der Waals surface area (Å²) in [6.07, 6.45) is 2.09. The minimum absolute atomic E-state index is 0.278. The molecule has 0 aliphatic heterocycles. The van der Waals surface area contributed by atoms with E-state index in [2.05, 4.69) is 37.3 Å². The van der Waals surface area contributed by atoms with Crippen molar-refractivity contribution in [2.45, 2.75) is 19.8 Å². The Morgan fingerprint density at radius 3 is 2.04 bits per heavy atom. The van der Waals surface area contributed by atoms with E-state index in [1.807, 2.05) is 36.4 Å². The molecule has 0 unspecified atom stereocenters. The molecule has 0 saturated heterocycles. The first kappa shape index (κ1) is 16.5. The lowest BCUT2D eigenvalue weighted by molar-refractivity contribution is 0.311. The average Bonchev–Trinajstić information content (AvgIpc) is 2.68. The smallest absolute Gasteiger partial charge is 0.127 e. The van der Waals surface area contributed by atoms with Gasteiger partial charge in [-0.05, 0) is 40.1 Å². The molecular weight excluding hydrogens is 320 g/mol. The molecule has 0 radical (unpaired) electrons. The van der Waals surface area contributed by atoms with Gasteiger partial charge in [0.1, 0.15) is 11.5 Å². The summed E-state index contributed by atoms with van der Waals surface area (Å²) in [4.78, 5) is 0. The lowest BCUT2D eigenvalue weighted by Gasteiger charge is -2.17. The van der Waals surface area contributed by atoms with Gasteiger partial charge in [0.25, 0.3) is 0 Å². The highest BCUT2D eigenvalue weighted by molar-refractivity contribution is 6.09. The fourth-order valence-electron chi connectivity index (χ4n) is 3.48. The maximum atomic E-state index is 10.8. The molecule has 4 rings (SSSR count). The monoisotopic (exact) mass is 342 g/mol. The van der Waals surface area contributed by atoms with Gasteiger partial charge in [-0.1, -0.05) is 74.0 Å². The van der Waals surface area contributed by atoms with Crippen LogP contribution in [0.25, 0.3) is 32.7 Å².